The highest BCUT2D eigenvalue weighted by atomic mass is 16.7. The molecule has 122 valence electrons. The molecule has 2 bridgehead atoms. The first-order chi connectivity index (χ1) is 10.3. The third-order valence-corrected chi connectivity index (χ3v) is 7.25. The van der Waals surface area contributed by atoms with Crippen molar-refractivity contribution in [2.45, 2.75) is 56.4 Å². The van der Waals surface area contributed by atoms with Crippen LogP contribution in [-0.4, -0.2) is 60.4 Å². The van der Waals surface area contributed by atoms with Crippen molar-refractivity contribution < 1.29 is 28.8 Å². The van der Waals surface area contributed by atoms with E-state index in [1.54, 1.807) is 7.11 Å². The number of rotatable bonds is 2. The van der Waals surface area contributed by atoms with E-state index >= 15 is 0 Å². The van der Waals surface area contributed by atoms with Gasteiger partial charge < -0.3 is 24.1 Å². The van der Waals surface area contributed by atoms with Gasteiger partial charge in [-0.15, -0.1) is 0 Å². The van der Waals surface area contributed by atoms with E-state index in [1.807, 2.05) is 13.8 Å². The summed E-state index contributed by atoms with van der Waals surface area (Å²) >= 11 is 0. The molecule has 0 aromatic rings. The van der Waals surface area contributed by atoms with Gasteiger partial charge in [-0.05, 0) is 5.92 Å². The molecule has 0 aromatic heterocycles. The maximum Gasteiger partial charge on any atom is 0.312 e. The fourth-order valence-electron chi connectivity index (χ4n) is 5.99. The van der Waals surface area contributed by atoms with E-state index in [-0.39, 0.29) is 47.1 Å². The Bertz CT molecular complexity index is 571. The lowest BCUT2D eigenvalue weighted by molar-refractivity contribution is -0.234. The maximum absolute atomic E-state index is 12.6. The Hall–Kier alpha value is -0.690. The Morgan fingerprint density at radius 3 is 2.59 bits per heavy atom. The third-order valence-electron chi connectivity index (χ3n) is 7.25. The van der Waals surface area contributed by atoms with Crippen molar-refractivity contribution in [3.05, 3.63) is 0 Å². The minimum Gasteiger partial charge on any atom is -0.456 e. The zero-order valence-electron chi connectivity index (χ0n) is 13.2. The van der Waals surface area contributed by atoms with Gasteiger partial charge in [0.05, 0.1) is 18.6 Å². The van der Waals surface area contributed by atoms with Gasteiger partial charge in [-0.3, -0.25) is 4.79 Å². The summed E-state index contributed by atoms with van der Waals surface area (Å²) in [5.74, 6) is -1.11. The molecule has 5 rings (SSSR count). The standard InChI is InChI=1S/C16H22O6/c1-6(2)16(18)8-7-9-10(21-9)15(5-20-15)14(7,3)11(19-4)12(16)22-13(8)17/h6-12,18H,5H2,1-4H3/t7-,8+,9-,10-,11-,12+,14+,15-,16-/m1/s1. The first kappa shape index (κ1) is 13.7. The van der Waals surface area contributed by atoms with E-state index < -0.39 is 17.6 Å². The first-order valence-corrected chi connectivity index (χ1v) is 8.09. The summed E-state index contributed by atoms with van der Waals surface area (Å²) in [6.07, 6.45) is -1.03. The quantitative estimate of drug-likeness (QED) is 0.576. The fourth-order valence-corrected chi connectivity index (χ4v) is 5.99. The van der Waals surface area contributed by atoms with Gasteiger partial charge in [0.2, 0.25) is 0 Å². The van der Waals surface area contributed by atoms with Crippen LogP contribution in [0.5, 0.6) is 0 Å². The summed E-state index contributed by atoms with van der Waals surface area (Å²) < 4.78 is 23.1. The number of hydrogen-bond acceptors (Lipinski definition) is 6. The number of esters is 1. The van der Waals surface area contributed by atoms with Crippen LogP contribution in [0.3, 0.4) is 0 Å². The van der Waals surface area contributed by atoms with Crippen LogP contribution < -0.4 is 0 Å². The minimum atomic E-state index is -1.21. The van der Waals surface area contributed by atoms with Gasteiger partial charge in [0.1, 0.15) is 23.4 Å². The van der Waals surface area contributed by atoms with Gasteiger partial charge in [0.25, 0.3) is 0 Å². The summed E-state index contributed by atoms with van der Waals surface area (Å²) in [6, 6.07) is 0. The van der Waals surface area contributed by atoms with E-state index in [4.69, 9.17) is 18.9 Å². The highest BCUT2D eigenvalue weighted by Crippen LogP contribution is 2.75. The van der Waals surface area contributed by atoms with Crippen LogP contribution in [0.25, 0.3) is 0 Å². The minimum absolute atomic E-state index is 0.0312. The van der Waals surface area contributed by atoms with Gasteiger partial charge in [-0.25, -0.2) is 0 Å². The highest BCUT2D eigenvalue weighted by Gasteiger charge is 2.90. The molecule has 1 N–H and O–H groups in total. The summed E-state index contributed by atoms with van der Waals surface area (Å²) in [4.78, 5) is 12.6. The summed E-state index contributed by atoms with van der Waals surface area (Å²) in [5.41, 5.74) is -1.94. The van der Waals surface area contributed by atoms with E-state index in [2.05, 4.69) is 6.92 Å². The van der Waals surface area contributed by atoms with E-state index in [9.17, 15) is 9.90 Å². The molecule has 1 spiro atoms. The second-order valence-electron chi connectivity index (χ2n) is 8.04. The van der Waals surface area contributed by atoms with E-state index in [0.717, 1.165) is 0 Å². The van der Waals surface area contributed by atoms with Crippen molar-refractivity contribution in [1.82, 2.24) is 0 Å². The molecule has 6 heteroatoms. The molecule has 5 fully saturated rings. The molecule has 5 aliphatic rings. The largest absolute Gasteiger partial charge is 0.456 e. The Kier molecular flexibility index (Phi) is 2.20. The predicted molar refractivity (Wildman–Crippen MR) is 72.9 cm³/mol. The van der Waals surface area contributed by atoms with E-state index in [0.29, 0.717) is 6.61 Å². The van der Waals surface area contributed by atoms with Gasteiger partial charge >= 0.3 is 5.97 Å². The van der Waals surface area contributed by atoms with Crippen molar-refractivity contribution >= 4 is 5.97 Å². The molecule has 3 saturated heterocycles. The predicted octanol–water partition coefficient (Wildman–Crippen LogP) is 0.116. The fraction of sp³-hybridized carbons (Fsp3) is 0.938. The second-order valence-corrected chi connectivity index (χ2v) is 8.04. The number of carbonyl (C=O) groups excluding carboxylic acids is 1. The Morgan fingerprint density at radius 1 is 1.36 bits per heavy atom. The average Bonchev–Trinajstić information content (AvgIpc) is 3.31. The summed E-state index contributed by atoms with van der Waals surface area (Å²) in [7, 11) is 1.63. The van der Waals surface area contributed by atoms with Crippen molar-refractivity contribution in [3.8, 4) is 0 Å². The average molecular weight is 310 g/mol. The molecule has 3 heterocycles. The Morgan fingerprint density at radius 2 is 2.05 bits per heavy atom. The number of hydrogen-bond donors (Lipinski definition) is 1. The lowest BCUT2D eigenvalue weighted by Gasteiger charge is -2.54. The Balaban J connectivity index is 1.72. The topological polar surface area (TPSA) is 80.8 Å². The number of aliphatic hydroxyl groups is 1. The number of carbonyl (C=O) groups is 1. The summed E-state index contributed by atoms with van der Waals surface area (Å²) in [5, 5.41) is 11.4. The Labute approximate surface area is 129 Å². The second kappa shape index (κ2) is 3.53. The molecule has 0 radical (unpaired) electrons. The van der Waals surface area contributed by atoms with Crippen molar-refractivity contribution in [2.75, 3.05) is 13.7 Å². The molecule has 2 saturated carbocycles. The molecule has 2 aliphatic carbocycles. The highest BCUT2D eigenvalue weighted by molar-refractivity contribution is 5.79. The lowest BCUT2D eigenvalue weighted by Crippen LogP contribution is -2.69. The van der Waals surface area contributed by atoms with Gasteiger partial charge in [-0.2, -0.15) is 0 Å². The SMILES string of the molecule is CO[C@@H]1[C@@H]2OC(=O)[C@H]([C@@H]3[C@H]4O[C@H]4[C@]4(CO4)[C@@]31C)[C@]2(O)C(C)C. The molecular weight excluding hydrogens is 288 g/mol. The molecule has 0 unspecified atom stereocenters. The van der Waals surface area contributed by atoms with Crippen molar-refractivity contribution in [2.24, 2.45) is 23.2 Å². The lowest BCUT2D eigenvalue weighted by atomic mass is 9.52. The van der Waals surface area contributed by atoms with Crippen LogP contribution in [0.2, 0.25) is 0 Å². The van der Waals surface area contributed by atoms with Crippen LogP contribution in [0.1, 0.15) is 20.8 Å². The van der Waals surface area contributed by atoms with Gasteiger partial charge in [0, 0.05) is 18.4 Å². The van der Waals surface area contributed by atoms with Gasteiger partial charge in [0.15, 0.2) is 6.10 Å². The van der Waals surface area contributed by atoms with Gasteiger partial charge in [-0.1, -0.05) is 20.8 Å². The molecule has 22 heavy (non-hydrogen) atoms. The number of methoxy groups -OCH3 is 1. The zero-order chi connectivity index (χ0) is 15.7. The molecule has 3 aliphatic heterocycles. The first-order valence-electron chi connectivity index (χ1n) is 8.09. The number of fused-ring (bicyclic) bond motifs is 8. The van der Waals surface area contributed by atoms with Crippen LogP contribution >= 0.6 is 0 Å². The van der Waals surface area contributed by atoms with Crippen molar-refractivity contribution in [1.29, 1.82) is 0 Å². The molecule has 0 aromatic carbocycles. The van der Waals surface area contributed by atoms with Crippen LogP contribution in [-0.2, 0) is 23.7 Å². The number of epoxide rings is 2. The molecule has 6 nitrogen and oxygen atoms in total. The number of ether oxygens (including phenoxy) is 4. The third kappa shape index (κ3) is 1.08. The normalized spacial score (nSPS) is 63.8. The monoisotopic (exact) mass is 310 g/mol. The van der Waals surface area contributed by atoms with Crippen LogP contribution in [0.4, 0.5) is 0 Å². The molecule has 0 amide bonds. The smallest absolute Gasteiger partial charge is 0.312 e. The van der Waals surface area contributed by atoms with E-state index in [1.165, 1.54) is 0 Å². The van der Waals surface area contributed by atoms with Crippen molar-refractivity contribution in [3.63, 3.8) is 0 Å². The van der Waals surface area contributed by atoms with Crippen LogP contribution in [0.15, 0.2) is 0 Å². The summed E-state index contributed by atoms with van der Waals surface area (Å²) in [6.45, 7) is 6.62. The molecular formula is C16H22O6. The molecule has 9 atom stereocenters. The zero-order valence-corrected chi connectivity index (χ0v) is 13.2. The maximum atomic E-state index is 12.6. The van der Waals surface area contributed by atoms with Crippen LogP contribution in [0, 0.1) is 23.2 Å².